The molecule has 1 N–H and O–H groups in total. The van der Waals surface area contributed by atoms with E-state index in [2.05, 4.69) is 16.4 Å². The van der Waals surface area contributed by atoms with Gasteiger partial charge in [-0.2, -0.15) is 5.26 Å². The molecule has 170 valence electrons. The third-order valence-corrected chi connectivity index (χ3v) is 4.87. The summed E-state index contributed by atoms with van der Waals surface area (Å²) in [4.78, 5) is 18.9. The molecule has 1 aromatic heterocycles. The molecule has 1 heterocycles. The molecule has 3 aromatic rings. The van der Waals surface area contributed by atoms with Crippen molar-refractivity contribution < 1.29 is 16.7 Å². The molecule has 0 atom stereocenters. The van der Waals surface area contributed by atoms with E-state index in [0.29, 0.717) is 45.8 Å². The largest absolute Gasteiger partial charge is 0.494 e. The molecule has 2 aromatic carbocycles. The molecular weight excluding hydrogens is 419 g/mol. The predicted octanol–water partition coefficient (Wildman–Crippen LogP) is 4.93. The SMILES string of the molecule is [2H]/C(CN(C)C)=C(/[2H])C(=O)Cc1cc2c(Nc3ccc(F)c(C)c3)c(C#N)cnc2cc1OCC. The Morgan fingerprint density at radius 2 is 2.15 bits per heavy atom. The first-order chi connectivity index (χ1) is 16.6. The summed E-state index contributed by atoms with van der Waals surface area (Å²) in [7, 11) is 3.53. The summed E-state index contributed by atoms with van der Waals surface area (Å²) in [5.74, 6) is -0.397. The predicted molar refractivity (Wildman–Crippen MR) is 128 cm³/mol. The molecule has 0 amide bonds. The van der Waals surface area contributed by atoms with Crippen molar-refractivity contribution in [1.82, 2.24) is 9.88 Å². The van der Waals surface area contributed by atoms with Gasteiger partial charge in [0.15, 0.2) is 5.78 Å². The number of nitrogens with one attached hydrogen (secondary N) is 1. The van der Waals surface area contributed by atoms with E-state index >= 15 is 0 Å². The van der Waals surface area contributed by atoms with Gasteiger partial charge in [-0.3, -0.25) is 9.78 Å². The molecule has 33 heavy (non-hydrogen) atoms. The highest BCUT2D eigenvalue weighted by molar-refractivity contribution is 5.98. The number of benzene rings is 2. The number of aromatic nitrogens is 1. The number of likely N-dealkylation sites (N-methyl/N-ethyl adjacent to an activating group) is 1. The van der Waals surface area contributed by atoms with Gasteiger partial charge in [0, 0.05) is 41.9 Å². The minimum atomic E-state index is -0.509. The van der Waals surface area contributed by atoms with E-state index in [1.807, 2.05) is 6.92 Å². The maximum atomic E-state index is 13.7. The average molecular weight is 449 g/mol. The van der Waals surface area contributed by atoms with E-state index in [4.69, 9.17) is 7.48 Å². The Morgan fingerprint density at radius 3 is 2.82 bits per heavy atom. The maximum absolute atomic E-state index is 13.7. The van der Waals surface area contributed by atoms with Crippen LogP contribution in [0.3, 0.4) is 0 Å². The van der Waals surface area contributed by atoms with Crippen molar-refractivity contribution in [3.63, 3.8) is 0 Å². The van der Waals surface area contributed by atoms with E-state index in [1.54, 1.807) is 50.2 Å². The van der Waals surface area contributed by atoms with Gasteiger partial charge in [0.25, 0.3) is 0 Å². The van der Waals surface area contributed by atoms with Crippen LogP contribution in [0.25, 0.3) is 10.9 Å². The van der Waals surface area contributed by atoms with Crippen LogP contribution in [-0.2, 0) is 11.2 Å². The Bertz CT molecular complexity index is 1350. The Kier molecular flexibility index (Phi) is 6.85. The summed E-state index contributed by atoms with van der Waals surface area (Å²) in [6.07, 6.45) is 1.30. The van der Waals surface area contributed by atoms with Crippen molar-refractivity contribution in [2.45, 2.75) is 20.3 Å². The first kappa shape index (κ1) is 21.1. The number of ketones is 1. The zero-order chi connectivity index (χ0) is 25.7. The van der Waals surface area contributed by atoms with Crippen LogP contribution in [0.5, 0.6) is 5.75 Å². The minimum Gasteiger partial charge on any atom is -0.494 e. The third kappa shape index (κ3) is 5.93. The molecule has 0 fully saturated rings. The van der Waals surface area contributed by atoms with Crippen LogP contribution in [-0.4, -0.2) is 42.9 Å². The highest BCUT2D eigenvalue weighted by Gasteiger charge is 2.16. The fourth-order valence-corrected chi connectivity index (χ4v) is 3.29. The third-order valence-electron chi connectivity index (χ3n) is 4.87. The zero-order valence-corrected chi connectivity index (χ0v) is 19.1. The van der Waals surface area contributed by atoms with Crippen molar-refractivity contribution in [2.24, 2.45) is 0 Å². The standard InChI is InChI=1S/C26H27FN4O2/c1-5-33-25-14-24-22(13-18(25)12-21(32)7-6-10-31(3)4)26(19(15-28)16-29-24)30-20-8-9-23(27)17(2)11-20/h6-9,11,13-14,16H,5,10,12H2,1-4H3,(H,29,30)/b7-6+/i6D,7D. The number of rotatable bonds is 9. The van der Waals surface area contributed by atoms with Crippen LogP contribution in [0, 0.1) is 24.1 Å². The number of nitrogens with zero attached hydrogens (tertiary/aromatic N) is 3. The molecule has 6 nitrogen and oxygen atoms in total. The van der Waals surface area contributed by atoms with Gasteiger partial charge in [-0.25, -0.2) is 4.39 Å². The van der Waals surface area contributed by atoms with Crippen molar-refractivity contribution in [2.75, 3.05) is 32.6 Å². The zero-order valence-electron chi connectivity index (χ0n) is 21.1. The fourth-order valence-electron chi connectivity index (χ4n) is 3.29. The molecule has 0 bridgehead atoms. The second-order valence-electron chi connectivity index (χ2n) is 7.80. The molecule has 7 heteroatoms. The number of ether oxygens (including phenoxy) is 1. The number of halogens is 1. The summed E-state index contributed by atoms with van der Waals surface area (Å²) in [6, 6.07) is 9.67. The minimum absolute atomic E-state index is 0.0683. The highest BCUT2D eigenvalue weighted by Crippen LogP contribution is 2.34. The molecule has 0 saturated heterocycles. The maximum Gasteiger partial charge on any atom is 0.159 e. The monoisotopic (exact) mass is 448 g/mol. The van der Waals surface area contributed by atoms with Crippen LogP contribution in [0.15, 0.2) is 48.6 Å². The van der Waals surface area contributed by atoms with Gasteiger partial charge in [0.2, 0.25) is 0 Å². The lowest BCUT2D eigenvalue weighted by Crippen LogP contribution is -2.11. The summed E-state index contributed by atoms with van der Waals surface area (Å²) >= 11 is 0. The second-order valence-corrected chi connectivity index (χ2v) is 7.80. The van der Waals surface area contributed by atoms with Gasteiger partial charge >= 0.3 is 0 Å². The summed E-state index contributed by atoms with van der Waals surface area (Å²) in [6.45, 7) is 4.01. The van der Waals surface area contributed by atoms with Crippen LogP contribution in [0.4, 0.5) is 15.8 Å². The van der Waals surface area contributed by atoms with Crippen molar-refractivity contribution >= 4 is 28.1 Å². The lowest BCUT2D eigenvalue weighted by Gasteiger charge is -2.15. The highest BCUT2D eigenvalue weighted by atomic mass is 19.1. The van der Waals surface area contributed by atoms with Crippen molar-refractivity contribution in [1.29, 1.82) is 5.26 Å². The Balaban J connectivity index is 2.12. The molecule has 0 aliphatic carbocycles. The van der Waals surface area contributed by atoms with Gasteiger partial charge in [0.05, 0.1) is 26.1 Å². The van der Waals surface area contributed by atoms with Gasteiger partial charge in [-0.05, 0) is 63.8 Å². The number of aryl methyl sites for hydroxylation is 1. The molecular formula is C26H27FN4O2. The second kappa shape index (κ2) is 10.7. The number of nitriles is 1. The number of fused-ring (bicyclic) bond motifs is 1. The van der Waals surface area contributed by atoms with E-state index in [1.165, 1.54) is 12.3 Å². The van der Waals surface area contributed by atoms with E-state index < -0.39 is 5.78 Å². The Morgan fingerprint density at radius 1 is 1.36 bits per heavy atom. The van der Waals surface area contributed by atoms with E-state index in [-0.39, 0.29) is 36.5 Å². The summed E-state index contributed by atoms with van der Waals surface area (Å²) in [5, 5.41) is 13.5. The number of anilines is 2. The van der Waals surface area contributed by atoms with Crippen LogP contribution < -0.4 is 10.1 Å². The Labute approximate surface area is 196 Å². The number of carbonyl (C=O) groups excluding carboxylic acids is 1. The molecule has 0 unspecified atom stereocenters. The smallest absolute Gasteiger partial charge is 0.159 e. The molecule has 0 spiro atoms. The van der Waals surface area contributed by atoms with Crippen LogP contribution in [0.2, 0.25) is 0 Å². The molecule has 0 aliphatic rings. The first-order valence-corrected chi connectivity index (χ1v) is 10.5. The van der Waals surface area contributed by atoms with E-state index in [9.17, 15) is 14.4 Å². The van der Waals surface area contributed by atoms with Gasteiger partial charge in [-0.15, -0.1) is 0 Å². The first-order valence-electron chi connectivity index (χ1n) is 11.5. The Hall–Kier alpha value is -3.76. The van der Waals surface area contributed by atoms with Gasteiger partial charge in [-0.1, -0.05) is 6.05 Å². The fraction of sp³-hybridized carbons (Fsp3) is 0.269. The van der Waals surface area contributed by atoms with Gasteiger partial charge in [0.1, 0.15) is 17.6 Å². The quantitative estimate of drug-likeness (QED) is 0.468. The summed E-state index contributed by atoms with van der Waals surface area (Å²) in [5.41, 5.74) is 2.85. The average Bonchev–Trinajstić information content (AvgIpc) is 2.81. The van der Waals surface area contributed by atoms with E-state index in [0.717, 1.165) is 0 Å². The molecule has 0 radical (unpaired) electrons. The number of pyridine rings is 1. The number of allylic oxidation sites excluding steroid dienone is 1. The lowest BCUT2D eigenvalue weighted by atomic mass is 10.0. The van der Waals surface area contributed by atoms with Crippen LogP contribution in [0.1, 0.15) is 26.4 Å². The van der Waals surface area contributed by atoms with Crippen LogP contribution >= 0.6 is 0 Å². The molecule has 0 aliphatic heterocycles. The normalized spacial score (nSPS) is 12.6. The van der Waals surface area contributed by atoms with Gasteiger partial charge < -0.3 is 15.0 Å². The molecule has 3 rings (SSSR count). The summed E-state index contributed by atoms with van der Waals surface area (Å²) < 4.78 is 35.7. The number of carbonyl (C=O) groups is 1. The topological polar surface area (TPSA) is 78.3 Å². The number of hydrogen-bond acceptors (Lipinski definition) is 6. The number of hydrogen-bond donors (Lipinski definition) is 1. The lowest BCUT2D eigenvalue weighted by molar-refractivity contribution is -0.114. The molecule has 0 saturated carbocycles. The van der Waals surface area contributed by atoms with Crippen molar-refractivity contribution in [3.05, 3.63) is 71.1 Å². The van der Waals surface area contributed by atoms with Crippen molar-refractivity contribution in [3.8, 4) is 11.8 Å².